The molecule has 0 fully saturated rings. The van der Waals surface area contributed by atoms with Crippen molar-refractivity contribution in [3.63, 3.8) is 0 Å². The van der Waals surface area contributed by atoms with Gasteiger partial charge in [-0.3, -0.25) is 0 Å². The number of nitrogens with zero attached hydrogens (tertiary/aromatic N) is 2. The molecule has 0 amide bonds. The third kappa shape index (κ3) is 1.71. The summed E-state index contributed by atoms with van der Waals surface area (Å²) in [7, 11) is 0. The molecule has 1 unspecified atom stereocenters. The Morgan fingerprint density at radius 3 is 3.33 bits per heavy atom. The van der Waals surface area contributed by atoms with Crippen LogP contribution in [0, 0.1) is 0 Å². The molecule has 1 aromatic rings. The van der Waals surface area contributed by atoms with Crippen LogP contribution in [0.3, 0.4) is 0 Å². The predicted octanol–water partition coefficient (Wildman–Crippen LogP) is 2.39. The Hall–Kier alpha value is -1.75. The highest BCUT2D eigenvalue weighted by Crippen LogP contribution is 2.40. The van der Waals surface area contributed by atoms with E-state index in [2.05, 4.69) is 4.98 Å². The lowest BCUT2D eigenvalue weighted by molar-refractivity contribution is -0.138. The van der Waals surface area contributed by atoms with Gasteiger partial charge in [0.1, 0.15) is 11.2 Å². The van der Waals surface area contributed by atoms with E-state index in [9.17, 15) is 4.79 Å². The van der Waals surface area contributed by atoms with Crippen molar-refractivity contribution in [3.8, 4) is 0 Å². The average Bonchev–Trinajstić information content (AvgIpc) is 2.87. The van der Waals surface area contributed by atoms with Crippen molar-refractivity contribution in [1.29, 1.82) is 0 Å². The Balaban J connectivity index is 2.06. The predicted molar refractivity (Wildman–Crippen MR) is 71.8 cm³/mol. The molecule has 3 heterocycles. The standard InChI is InChI=1S/C13H12N2O2S/c1-2-17-13(16)10-8-9-4-3-5-14-11(9)15-6-7-18-12(10)15/h3-8,12H,2H2,1H3. The van der Waals surface area contributed by atoms with Crippen LogP contribution in [0.2, 0.25) is 0 Å². The summed E-state index contributed by atoms with van der Waals surface area (Å²) in [6, 6.07) is 3.82. The van der Waals surface area contributed by atoms with Gasteiger partial charge in [-0.1, -0.05) is 0 Å². The molecule has 2 aliphatic heterocycles. The molecule has 0 spiro atoms. The first-order chi connectivity index (χ1) is 8.81. The minimum Gasteiger partial charge on any atom is -0.463 e. The van der Waals surface area contributed by atoms with Crippen molar-refractivity contribution in [2.75, 3.05) is 11.5 Å². The number of esters is 1. The number of anilines is 1. The molecule has 18 heavy (non-hydrogen) atoms. The molecule has 0 aliphatic carbocycles. The van der Waals surface area contributed by atoms with E-state index in [0.29, 0.717) is 12.2 Å². The number of hydrogen-bond acceptors (Lipinski definition) is 5. The van der Waals surface area contributed by atoms with Crippen molar-refractivity contribution in [2.45, 2.75) is 12.3 Å². The molecule has 0 bridgehead atoms. The summed E-state index contributed by atoms with van der Waals surface area (Å²) < 4.78 is 5.11. The number of pyridine rings is 1. The average molecular weight is 260 g/mol. The van der Waals surface area contributed by atoms with E-state index in [-0.39, 0.29) is 11.3 Å². The number of hydrogen-bond donors (Lipinski definition) is 0. The molecule has 0 N–H and O–H groups in total. The molecule has 0 saturated heterocycles. The Labute approximate surface area is 109 Å². The van der Waals surface area contributed by atoms with Crippen LogP contribution in [0.5, 0.6) is 0 Å². The zero-order chi connectivity index (χ0) is 12.5. The van der Waals surface area contributed by atoms with Crippen LogP contribution in [0.15, 0.2) is 35.5 Å². The molecular weight excluding hydrogens is 248 g/mol. The fraction of sp³-hybridized carbons (Fsp3) is 0.231. The van der Waals surface area contributed by atoms with Gasteiger partial charge in [-0.15, -0.1) is 11.8 Å². The maximum absolute atomic E-state index is 12.0. The minimum atomic E-state index is -0.252. The third-order valence-corrected chi connectivity index (χ3v) is 3.85. The van der Waals surface area contributed by atoms with Gasteiger partial charge < -0.3 is 9.64 Å². The maximum Gasteiger partial charge on any atom is 0.337 e. The summed E-state index contributed by atoms with van der Waals surface area (Å²) in [6.45, 7) is 2.20. The molecule has 2 aliphatic rings. The van der Waals surface area contributed by atoms with Crippen LogP contribution in [0.4, 0.5) is 5.82 Å². The second kappa shape index (κ2) is 4.49. The summed E-state index contributed by atoms with van der Waals surface area (Å²) >= 11 is 1.59. The largest absolute Gasteiger partial charge is 0.463 e. The van der Waals surface area contributed by atoms with Crippen LogP contribution >= 0.6 is 11.8 Å². The topological polar surface area (TPSA) is 42.4 Å². The summed E-state index contributed by atoms with van der Waals surface area (Å²) in [5.74, 6) is 0.634. The molecule has 0 saturated carbocycles. The van der Waals surface area contributed by atoms with Crippen molar-refractivity contribution in [2.24, 2.45) is 0 Å². The second-order valence-corrected chi connectivity index (χ2v) is 4.91. The smallest absolute Gasteiger partial charge is 0.337 e. The molecule has 3 rings (SSSR count). The first-order valence-electron chi connectivity index (χ1n) is 5.75. The van der Waals surface area contributed by atoms with Gasteiger partial charge in [-0.05, 0) is 30.5 Å². The Morgan fingerprint density at radius 2 is 2.50 bits per heavy atom. The van der Waals surface area contributed by atoms with Gasteiger partial charge in [0.2, 0.25) is 0 Å². The monoisotopic (exact) mass is 260 g/mol. The minimum absolute atomic E-state index is 0.0496. The fourth-order valence-electron chi connectivity index (χ4n) is 2.07. The molecule has 0 aromatic carbocycles. The van der Waals surface area contributed by atoms with E-state index >= 15 is 0 Å². The van der Waals surface area contributed by atoms with Crippen molar-refractivity contribution in [1.82, 2.24) is 4.98 Å². The van der Waals surface area contributed by atoms with E-state index in [4.69, 9.17) is 4.74 Å². The van der Waals surface area contributed by atoms with E-state index in [0.717, 1.165) is 11.4 Å². The van der Waals surface area contributed by atoms with Crippen LogP contribution < -0.4 is 4.90 Å². The fourth-order valence-corrected chi connectivity index (χ4v) is 3.04. The van der Waals surface area contributed by atoms with Gasteiger partial charge in [0.15, 0.2) is 0 Å². The van der Waals surface area contributed by atoms with Crippen molar-refractivity contribution in [3.05, 3.63) is 41.1 Å². The van der Waals surface area contributed by atoms with Gasteiger partial charge >= 0.3 is 5.97 Å². The van der Waals surface area contributed by atoms with Crippen LogP contribution in [-0.2, 0) is 9.53 Å². The number of thioether (sulfide) groups is 1. The Morgan fingerprint density at radius 1 is 1.61 bits per heavy atom. The zero-order valence-corrected chi connectivity index (χ0v) is 10.7. The normalized spacial score (nSPS) is 20.2. The quantitative estimate of drug-likeness (QED) is 0.764. The van der Waals surface area contributed by atoms with E-state index in [1.54, 1.807) is 18.0 Å². The lowest BCUT2D eigenvalue weighted by atomic mass is 10.1. The van der Waals surface area contributed by atoms with Gasteiger partial charge in [-0.25, -0.2) is 9.78 Å². The maximum atomic E-state index is 12.0. The SMILES string of the molecule is CCOC(=O)C1=Cc2cccnc2N2C=CSC12. The van der Waals surface area contributed by atoms with Gasteiger partial charge in [0, 0.05) is 18.0 Å². The van der Waals surface area contributed by atoms with Crippen LogP contribution in [-0.4, -0.2) is 22.9 Å². The van der Waals surface area contributed by atoms with Crippen molar-refractivity contribution >= 4 is 29.6 Å². The summed E-state index contributed by atoms with van der Waals surface area (Å²) in [6.07, 6.45) is 5.59. The van der Waals surface area contributed by atoms with E-state index in [1.807, 2.05) is 41.6 Å². The molecule has 0 radical (unpaired) electrons. The zero-order valence-electron chi connectivity index (χ0n) is 9.87. The number of fused-ring (bicyclic) bond motifs is 3. The summed E-state index contributed by atoms with van der Waals surface area (Å²) in [5, 5.41) is 1.92. The Kier molecular flexibility index (Phi) is 2.83. The highest BCUT2D eigenvalue weighted by molar-refractivity contribution is 8.03. The lowest BCUT2D eigenvalue weighted by Gasteiger charge is -2.30. The first-order valence-corrected chi connectivity index (χ1v) is 6.69. The number of carbonyl (C=O) groups is 1. The highest BCUT2D eigenvalue weighted by Gasteiger charge is 2.35. The van der Waals surface area contributed by atoms with E-state index in [1.165, 1.54) is 0 Å². The molecule has 92 valence electrons. The molecule has 1 atom stereocenters. The molecule has 1 aromatic heterocycles. The second-order valence-electron chi connectivity index (χ2n) is 3.92. The molecule has 5 heteroatoms. The lowest BCUT2D eigenvalue weighted by Crippen LogP contribution is -2.33. The molecule has 4 nitrogen and oxygen atoms in total. The Bertz CT molecular complexity index is 554. The van der Waals surface area contributed by atoms with Gasteiger partial charge in [0.05, 0.1) is 12.2 Å². The number of rotatable bonds is 2. The summed E-state index contributed by atoms with van der Waals surface area (Å²) in [4.78, 5) is 18.3. The van der Waals surface area contributed by atoms with Crippen LogP contribution in [0.1, 0.15) is 12.5 Å². The van der Waals surface area contributed by atoms with Gasteiger partial charge in [0.25, 0.3) is 0 Å². The first kappa shape index (κ1) is 11.3. The number of carbonyl (C=O) groups excluding carboxylic acids is 1. The van der Waals surface area contributed by atoms with E-state index < -0.39 is 0 Å². The van der Waals surface area contributed by atoms with Crippen molar-refractivity contribution < 1.29 is 9.53 Å². The highest BCUT2D eigenvalue weighted by atomic mass is 32.2. The molecular formula is C13H12N2O2S. The number of aromatic nitrogens is 1. The summed E-state index contributed by atoms with van der Waals surface area (Å²) in [5.41, 5.74) is 1.62. The van der Waals surface area contributed by atoms with Crippen LogP contribution in [0.25, 0.3) is 6.08 Å². The number of ether oxygens (including phenoxy) is 1. The third-order valence-electron chi connectivity index (χ3n) is 2.83. The van der Waals surface area contributed by atoms with Gasteiger partial charge in [-0.2, -0.15) is 0 Å².